The number of nitriles is 1. The topological polar surface area (TPSA) is 261 Å². The number of benzene rings is 1. The smallest absolute Gasteiger partial charge is 0.303 e. The van der Waals surface area contributed by atoms with Crippen molar-refractivity contribution in [3.63, 3.8) is 0 Å². The van der Waals surface area contributed by atoms with Gasteiger partial charge in [0.05, 0.1) is 24.1 Å². The number of unbranched alkanes of at least 4 members (excludes halogenated alkanes) is 2. The Bertz CT molecular complexity index is 1210. The maximum absolute atomic E-state index is 14.1. The van der Waals surface area contributed by atoms with Crippen LogP contribution in [0, 0.1) is 17.2 Å². The number of nitrogens with two attached hydrogens (primary N) is 4. The molecule has 0 saturated carbocycles. The van der Waals surface area contributed by atoms with E-state index in [-0.39, 0.29) is 50.3 Å². The average molecular weight is 599 g/mol. The van der Waals surface area contributed by atoms with Crippen molar-refractivity contribution in [2.45, 2.75) is 75.4 Å². The maximum Gasteiger partial charge on any atom is 0.303 e. The highest BCUT2D eigenvalue weighted by Crippen LogP contribution is 2.39. The highest BCUT2D eigenvalue weighted by Gasteiger charge is 2.60. The van der Waals surface area contributed by atoms with Crippen molar-refractivity contribution in [3.05, 3.63) is 35.9 Å². The number of hydrogen-bond donors (Lipinski definition) is 6. The second-order valence-electron chi connectivity index (χ2n) is 10.5. The molecule has 0 spiro atoms. The normalized spacial score (nSPS) is 19.1. The largest absolute Gasteiger partial charge is 0.481 e. The first-order chi connectivity index (χ1) is 20.5. The molecule has 14 nitrogen and oxygen atoms in total. The molecule has 43 heavy (non-hydrogen) atoms. The minimum atomic E-state index is -2.17. The predicted molar refractivity (Wildman–Crippen MR) is 158 cm³/mol. The molecular weight excluding hydrogens is 556 g/mol. The van der Waals surface area contributed by atoms with E-state index in [0.717, 1.165) is 4.90 Å². The van der Waals surface area contributed by atoms with Gasteiger partial charge in [0.1, 0.15) is 0 Å². The van der Waals surface area contributed by atoms with E-state index >= 15 is 0 Å². The lowest BCUT2D eigenvalue weighted by atomic mass is 9.75. The Labute approximate surface area is 250 Å². The molecule has 234 valence electrons. The van der Waals surface area contributed by atoms with Crippen LogP contribution in [0.3, 0.4) is 0 Å². The van der Waals surface area contributed by atoms with Crippen LogP contribution >= 0.6 is 0 Å². The molecule has 2 amide bonds. The number of nitrogens with one attached hydrogen (secondary N) is 1. The Morgan fingerprint density at radius 1 is 1.07 bits per heavy atom. The van der Waals surface area contributed by atoms with Crippen LogP contribution in [0.2, 0.25) is 0 Å². The van der Waals surface area contributed by atoms with Gasteiger partial charge in [-0.2, -0.15) is 5.26 Å². The molecule has 0 aliphatic carbocycles. The summed E-state index contributed by atoms with van der Waals surface area (Å²) in [5.41, 5.74) is 20.5. The van der Waals surface area contributed by atoms with Gasteiger partial charge in [0, 0.05) is 31.5 Å². The number of likely N-dealkylation sites (tertiary alicyclic amines) is 1. The fraction of sp³-hybridized carbons (Fsp3) is 0.552. The van der Waals surface area contributed by atoms with Gasteiger partial charge in [0.2, 0.25) is 5.91 Å². The number of aliphatic imine (C=N–C) groups is 1. The average Bonchev–Trinajstić information content (AvgIpc) is 3.39. The molecule has 1 aromatic carbocycles. The third kappa shape index (κ3) is 9.32. The van der Waals surface area contributed by atoms with Crippen molar-refractivity contribution in [2.24, 2.45) is 33.8 Å². The molecular formula is C29H42N8O6. The zero-order valence-electron chi connectivity index (χ0n) is 24.2. The number of guanidine groups is 1. The first-order valence-corrected chi connectivity index (χ1v) is 14.4. The number of nitrogens with zero attached hydrogens (tertiary/aromatic N) is 3. The highest BCUT2D eigenvalue weighted by molar-refractivity contribution is 6.05. The van der Waals surface area contributed by atoms with E-state index in [4.69, 9.17) is 22.9 Å². The summed E-state index contributed by atoms with van der Waals surface area (Å²) in [7, 11) is 0. The van der Waals surface area contributed by atoms with Crippen LogP contribution in [0.15, 0.2) is 35.3 Å². The number of carboxylic acid groups (broad SMARTS) is 1. The summed E-state index contributed by atoms with van der Waals surface area (Å²) in [4.78, 5) is 70.8. The first kappa shape index (κ1) is 34.8. The van der Waals surface area contributed by atoms with Crippen molar-refractivity contribution in [1.82, 2.24) is 10.2 Å². The Balaban J connectivity index is 2.43. The van der Waals surface area contributed by atoms with Crippen LogP contribution < -0.4 is 28.3 Å². The van der Waals surface area contributed by atoms with Crippen molar-refractivity contribution >= 4 is 35.3 Å². The zero-order valence-corrected chi connectivity index (χ0v) is 24.2. The van der Waals surface area contributed by atoms with Gasteiger partial charge in [0.15, 0.2) is 23.1 Å². The number of hydrogen-bond acceptors (Lipinski definition) is 9. The van der Waals surface area contributed by atoms with Crippen LogP contribution in [0.1, 0.15) is 68.1 Å². The van der Waals surface area contributed by atoms with E-state index in [1.54, 1.807) is 18.2 Å². The number of carbonyl (C=O) groups excluding carboxylic acids is 4. The lowest BCUT2D eigenvalue weighted by Crippen LogP contribution is -2.61. The van der Waals surface area contributed by atoms with E-state index in [0.29, 0.717) is 32.2 Å². The number of carbonyl (C=O) groups is 5. The number of carboxylic acids is 1. The number of ketones is 2. The summed E-state index contributed by atoms with van der Waals surface area (Å²) >= 11 is 0. The fourth-order valence-electron chi connectivity index (χ4n) is 5.28. The van der Waals surface area contributed by atoms with Crippen molar-refractivity contribution in [3.8, 4) is 6.07 Å². The summed E-state index contributed by atoms with van der Waals surface area (Å²) in [5, 5.41) is 22.4. The van der Waals surface area contributed by atoms with Crippen molar-refractivity contribution in [2.75, 3.05) is 19.6 Å². The second kappa shape index (κ2) is 16.9. The molecule has 2 rings (SSSR count). The van der Waals surface area contributed by atoms with E-state index in [1.807, 2.05) is 6.07 Å². The molecule has 14 heteroatoms. The lowest BCUT2D eigenvalue weighted by Gasteiger charge is -2.37. The number of aliphatic carboxylic acids is 1. The molecule has 1 aliphatic rings. The van der Waals surface area contributed by atoms with E-state index in [1.165, 1.54) is 12.1 Å². The van der Waals surface area contributed by atoms with Crippen LogP contribution in [0.4, 0.5) is 0 Å². The van der Waals surface area contributed by atoms with E-state index in [9.17, 15) is 34.3 Å². The molecule has 10 N–H and O–H groups in total. The third-order valence-electron chi connectivity index (χ3n) is 7.50. The van der Waals surface area contributed by atoms with Crippen LogP contribution in [-0.4, -0.2) is 82.6 Å². The van der Waals surface area contributed by atoms with Gasteiger partial charge >= 0.3 is 5.97 Å². The molecule has 1 heterocycles. The molecule has 0 aromatic heterocycles. The monoisotopic (exact) mass is 598 g/mol. The molecule has 0 bridgehead atoms. The van der Waals surface area contributed by atoms with Crippen molar-refractivity contribution < 1.29 is 29.1 Å². The first-order valence-electron chi connectivity index (χ1n) is 14.4. The van der Waals surface area contributed by atoms with Gasteiger partial charge < -0.3 is 38.3 Å². The SMILES string of the molecule is N#CC1(C(=O)CCCCCN)C(C(=O)[C@H](CCC(=O)O)NC(=O)c2ccccc2)CCN1C(=O)[C@@H](N)CCCN=C(N)N. The minimum absolute atomic E-state index is 0.0435. The van der Waals surface area contributed by atoms with Gasteiger partial charge in [-0.15, -0.1) is 0 Å². The molecule has 0 radical (unpaired) electrons. The third-order valence-corrected chi connectivity index (χ3v) is 7.50. The summed E-state index contributed by atoms with van der Waals surface area (Å²) in [6, 6.07) is 7.61. The lowest BCUT2D eigenvalue weighted by molar-refractivity contribution is -0.145. The molecule has 1 aliphatic heterocycles. The Kier molecular flexibility index (Phi) is 13.7. The zero-order chi connectivity index (χ0) is 32.0. The van der Waals surface area contributed by atoms with Gasteiger partial charge in [-0.3, -0.25) is 29.0 Å². The second-order valence-corrected chi connectivity index (χ2v) is 10.5. The van der Waals surface area contributed by atoms with Crippen LogP contribution in [-0.2, 0) is 19.2 Å². The standard InChI is InChI=1S/C29H42N8O6/c30-15-6-2-5-11-23(38)29(18-31)20(14-17-37(29)27(43)21(32)10-7-16-35-28(33)34)25(41)22(12-13-24(39)40)36-26(42)19-8-3-1-4-9-19/h1,3-4,8-9,20-22H,2,5-7,10-17,30,32H2,(H,36,42)(H,39,40)(H4,33,34,35)/t20?,21-,22-,29?/m0/s1. The van der Waals surface area contributed by atoms with E-state index in [2.05, 4.69) is 10.3 Å². The predicted octanol–water partition coefficient (Wildman–Crippen LogP) is -0.201. The van der Waals surface area contributed by atoms with Gasteiger partial charge in [-0.05, 0) is 57.2 Å². The summed E-state index contributed by atoms with van der Waals surface area (Å²) in [6.07, 6.45) is 1.31. The van der Waals surface area contributed by atoms with E-state index < -0.39 is 59.3 Å². The Hall–Kier alpha value is -4.35. The van der Waals surface area contributed by atoms with Gasteiger partial charge in [-0.1, -0.05) is 24.6 Å². The molecule has 1 saturated heterocycles. The Morgan fingerprint density at radius 3 is 2.37 bits per heavy atom. The quantitative estimate of drug-likeness (QED) is 0.0732. The molecule has 4 atom stereocenters. The summed E-state index contributed by atoms with van der Waals surface area (Å²) in [5.74, 6) is -5.21. The molecule has 1 aromatic rings. The van der Waals surface area contributed by atoms with Crippen LogP contribution in [0.5, 0.6) is 0 Å². The maximum atomic E-state index is 14.1. The number of Topliss-reactive ketones (excluding diaryl/α,β-unsaturated/α-hetero) is 2. The van der Waals surface area contributed by atoms with Crippen molar-refractivity contribution in [1.29, 1.82) is 5.26 Å². The highest BCUT2D eigenvalue weighted by atomic mass is 16.4. The molecule has 1 fully saturated rings. The Morgan fingerprint density at radius 2 is 1.77 bits per heavy atom. The molecule has 2 unspecified atom stereocenters. The number of rotatable bonds is 18. The summed E-state index contributed by atoms with van der Waals surface area (Å²) < 4.78 is 0. The fourth-order valence-corrected chi connectivity index (χ4v) is 5.28. The van der Waals surface area contributed by atoms with Gasteiger partial charge in [0.25, 0.3) is 5.91 Å². The minimum Gasteiger partial charge on any atom is -0.481 e. The van der Waals surface area contributed by atoms with Gasteiger partial charge in [-0.25, -0.2) is 0 Å². The number of amides is 2. The van der Waals surface area contributed by atoms with Crippen LogP contribution in [0.25, 0.3) is 0 Å². The summed E-state index contributed by atoms with van der Waals surface area (Å²) in [6.45, 7) is 0.544.